The summed E-state index contributed by atoms with van der Waals surface area (Å²) < 4.78 is 11.3. The number of benzene rings is 1. The molecule has 2 fully saturated rings. The van der Waals surface area contributed by atoms with Crippen molar-refractivity contribution in [2.24, 2.45) is 0 Å². The molecule has 0 atom stereocenters. The lowest BCUT2D eigenvalue weighted by Gasteiger charge is -2.17. The van der Waals surface area contributed by atoms with Crippen LogP contribution in [0.25, 0.3) is 6.08 Å². The SMILES string of the molecule is CCOc1cc(/C=C(\C#N)C(=O)NC2CC2)ccc1OCC(=O)N1CCCC1. The smallest absolute Gasteiger partial charge is 0.262 e. The molecular weight excluding hydrogens is 358 g/mol. The monoisotopic (exact) mass is 383 g/mol. The van der Waals surface area contributed by atoms with Crippen LogP contribution >= 0.6 is 0 Å². The fourth-order valence-corrected chi connectivity index (χ4v) is 3.01. The molecule has 1 N–H and O–H groups in total. The van der Waals surface area contributed by atoms with Crippen LogP contribution in [0.5, 0.6) is 11.5 Å². The first-order valence-corrected chi connectivity index (χ1v) is 9.70. The quantitative estimate of drug-likeness (QED) is 0.549. The van der Waals surface area contributed by atoms with Crippen LogP contribution < -0.4 is 14.8 Å². The molecule has 0 aromatic heterocycles. The molecule has 2 amide bonds. The van der Waals surface area contributed by atoms with Gasteiger partial charge >= 0.3 is 0 Å². The van der Waals surface area contributed by atoms with Crippen LogP contribution in [0.15, 0.2) is 23.8 Å². The molecule has 2 aliphatic rings. The largest absolute Gasteiger partial charge is 0.490 e. The third-order valence-corrected chi connectivity index (χ3v) is 4.67. The van der Waals surface area contributed by atoms with Crippen molar-refractivity contribution in [2.75, 3.05) is 26.3 Å². The summed E-state index contributed by atoms with van der Waals surface area (Å²) in [6, 6.07) is 7.28. The van der Waals surface area contributed by atoms with Gasteiger partial charge in [0.1, 0.15) is 11.6 Å². The topological polar surface area (TPSA) is 91.7 Å². The lowest BCUT2D eigenvalue weighted by atomic mass is 10.1. The van der Waals surface area contributed by atoms with Gasteiger partial charge in [0, 0.05) is 19.1 Å². The van der Waals surface area contributed by atoms with E-state index in [0.29, 0.717) is 23.7 Å². The van der Waals surface area contributed by atoms with Crippen LogP contribution in [0.3, 0.4) is 0 Å². The van der Waals surface area contributed by atoms with Gasteiger partial charge in [0.25, 0.3) is 11.8 Å². The Balaban J connectivity index is 1.70. The van der Waals surface area contributed by atoms with E-state index in [-0.39, 0.29) is 30.0 Å². The molecule has 1 saturated carbocycles. The van der Waals surface area contributed by atoms with E-state index in [4.69, 9.17) is 9.47 Å². The maximum Gasteiger partial charge on any atom is 0.262 e. The minimum atomic E-state index is -0.362. The molecule has 1 heterocycles. The van der Waals surface area contributed by atoms with Crippen molar-refractivity contribution in [1.82, 2.24) is 10.2 Å². The molecule has 1 aromatic carbocycles. The predicted octanol–water partition coefficient (Wildman–Crippen LogP) is 2.27. The Labute approximate surface area is 164 Å². The van der Waals surface area contributed by atoms with Crippen molar-refractivity contribution in [3.8, 4) is 17.6 Å². The Morgan fingerprint density at radius 1 is 1.25 bits per heavy atom. The van der Waals surface area contributed by atoms with E-state index in [0.717, 1.165) is 38.8 Å². The summed E-state index contributed by atoms with van der Waals surface area (Å²) in [7, 11) is 0. The van der Waals surface area contributed by atoms with Crippen molar-refractivity contribution in [1.29, 1.82) is 5.26 Å². The number of nitrogens with one attached hydrogen (secondary N) is 1. The van der Waals surface area contributed by atoms with E-state index in [9.17, 15) is 14.9 Å². The predicted molar refractivity (Wildman–Crippen MR) is 104 cm³/mol. The molecule has 1 saturated heterocycles. The zero-order chi connectivity index (χ0) is 19.9. The Bertz CT molecular complexity index is 802. The normalized spacial score (nSPS) is 16.4. The number of ether oxygens (including phenoxy) is 2. The minimum Gasteiger partial charge on any atom is -0.490 e. The summed E-state index contributed by atoms with van der Waals surface area (Å²) >= 11 is 0. The van der Waals surface area contributed by atoms with Crippen molar-refractivity contribution < 1.29 is 19.1 Å². The van der Waals surface area contributed by atoms with Gasteiger partial charge in [0.2, 0.25) is 0 Å². The Morgan fingerprint density at radius 3 is 2.64 bits per heavy atom. The molecule has 1 aromatic rings. The number of hydrogen-bond acceptors (Lipinski definition) is 5. The maximum absolute atomic E-state index is 12.2. The molecule has 0 radical (unpaired) electrons. The highest BCUT2D eigenvalue weighted by Crippen LogP contribution is 2.30. The average molecular weight is 383 g/mol. The van der Waals surface area contributed by atoms with Crippen LogP contribution in [0.4, 0.5) is 0 Å². The molecule has 7 nitrogen and oxygen atoms in total. The number of carbonyl (C=O) groups excluding carboxylic acids is 2. The molecule has 0 spiro atoms. The average Bonchev–Trinajstić information content (AvgIpc) is 3.33. The Kier molecular flexibility index (Phi) is 6.53. The van der Waals surface area contributed by atoms with Gasteiger partial charge in [-0.2, -0.15) is 5.26 Å². The molecule has 28 heavy (non-hydrogen) atoms. The van der Waals surface area contributed by atoms with E-state index in [1.807, 2.05) is 13.0 Å². The first-order chi connectivity index (χ1) is 13.6. The standard InChI is InChI=1S/C21H25N3O4/c1-2-27-19-12-15(11-16(13-22)21(26)23-17-6-7-17)5-8-18(19)28-14-20(25)24-9-3-4-10-24/h5,8,11-12,17H,2-4,6-7,9-10,14H2,1H3,(H,23,26)/b16-11+. The number of rotatable bonds is 8. The first kappa shape index (κ1) is 19.7. The number of nitrogens with zero attached hydrogens (tertiary/aromatic N) is 2. The van der Waals surface area contributed by atoms with Gasteiger partial charge in [-0.1, -0.05) is 6.07 Å². The third kappa shape index (κ3) is 5.26. The number of nitriles is 1. The molecule has 0 unspecified atom stereocenters. The van der Waals surface area contributed by atoms with Crippen molar-refractivity contribution in [3.05, 3.63) is 29.3 Å². The Hall–Kier alpha value is -3.01. The zero-order valence-electron chi connectivity index (χ0n) is 16.1. The van der Waals surface area contributed by atoms with Gasteiger partial charge in [-0.3, -0.25) is 9.59 Å². The van der Waals surface area contributed by atoms with Crippen LogP contribution in [0.1, 0.15) is 38.2 Å². The number of hydrogen-bond donors (Lipinski definition) is 1. The number of likely N-dealkylation sites (tertiary alicyclic amines) is 1. The second-order valence-electron chi connectivity index (χ2n) is 6.93. The first-order valence-electron chi connectivity index (χ1n) is 9.70. The molecule has 1 aliphatic heterocycles. The summed E-state index contributed by atoms with van der Waals surface area (Å²) in [6.45, 7) is 3.80. The minimum absolute atomic E-state index is 0.0348. The van der Waals surface area contributed by atoms with Crippen molar-refractivity contribution >= 4 is 17.9 Å². The van der Waals surface area contributed by atoms with Gasteiger partial charge in [0.05, 0.1) is 6.61 Å². The summed E-state index contributed by atoms with van der Waals surface area (Å²) in [4.78, 5) is 26.1. The molecule has 3 rings (SSSR count). The fraction of sp³-hybridized carbons (Fsp3) is 0.476. The van der Waals surface area contributed by atoms with Gasteiger partial charge in [0.15, 0.2) is 18.1 Å². The van der Waals surface area contributed by atoms with Crippen LogP contribution in [-0.2, 0) is 9.59 Å². The molecule has 148 valence electrons. The van der Waals surface area contributed by atoms with Crippen molar-refractivity contribution in [2.45, 2.75) is 38.6 Å². The highest BCUT2D eigenvalue weighted by atomic mass is 16.5. The van der Waals surface area contributed by atoms with E-state index >= 15 is 0 Å². The number of amides is 2. The third-order valence-electron chi connectivity index (χ3n) is 4.67. The van der Waals surface area contributed by atoms with Crippen LogP contribution in [0, 0.1) is 11.3 Å². The highest BCUT2D eigenvalue weighted by molar-refractivity contribution is 6.02. The second kappa shape index (κ2) is 9.27. The van der Waals surface area contributed by atoms with Crippen molar-refractivity contribution in [3.63, 3.8) is 0 Å². The molecular formula is C21H25N3O4. The van der Waals surface area contributed by atoms with E-state index in [1.54, 1.807) is 23.1 Å². The summed E-state index contributed by atoms with van der Waals surface area (Å²) in [5, 5.41) is 12.1. The lowest BCUT2D eigenvalue weighted by Crippen LogP contribution is -2.32. The summed E-state index contributed by atoms with van der Waals surface area (Å²) in [5.74, 6) is 0.546. The number of carbonyl (C=O) groups is 2. The summed E-state index contributed by atoms with van der Waals surface area (Å²) in [5.41, 5.74) is 0.705. The van der Waals surface area contributed by atoms with Gasteiger partial charge in [-0.15, -0.1) is 0 Å². The van der Waals surface area contributed by atoms with Crippen LogP contribution in [0.2, 0.25) is 0 Å². The Morgan fingerprint density at radius 2 is 2.00 bits per heavy atom. The highest BCUT2D eigenvalue weighted by Gasteiger charge is 2.25. The van der Waals surface area contributed by atoms with Crippen LogP contribution in [-0.4, -0.2) is 49.1 Å². The molecule has 7 heteroatoms. The molecule has 1 aliphatic carbocycles. The second-order valence-corrected chi connectivity index (χ2v) is 6.93. The fourth-order valence-electron chi connectivity index (χ4n) is 3.01. The van der Waals surface area contributed by atoms with Gasteiger partial charge < -0.3 is 19.7 Å². The summed E-state index contributed by atoms with van der Waals surface area (Å²) in [6.07, 6.45) is 5.51. The van der Waals surface area contributed by atoms with Gasteiger partial charge in [-0.05, 0) is 56.4 Å². The van der Waals surface area contributed by atoms with Gasteiger partial charge in [-0.25, -0.2) is 0 Å². The van der Waals surface area contributed by atoms with E-state index < -0.39 is 0 Å². The lowest BCUT2D eigenvalue weighted by molar-refractivity contribution is -0.132. The maximum atomic E-state index is 12.2. The van der Waals surface area contributed by atoms with E-state index in [1.165, 1.54) is 6.08 Å². The van der Waals surface area contributed by atoms with E-state index in [2.05, 4.69) is 5.32 Å². The molecule has 0 bridgehead atoms. The zero-order valence-corrected chi connectivity index (χ0v) is 16.1.